The van der Waals surface area contributed by atoms with E-state index in [9.17, 15) is 14.3 Å². The second-order valence-corrected chi connectivity index (χ2v) is 5.75. The largest absolute Gasteiger partial charge is 0.387 e. The fourth-order valence-electron chi connectivity index (χ4n) is 1.97. The number of nitrogens with one attached hydrogen (secondary N) is 1. The van der Waals surface area contributed by atoms with Crippen molar-refractivity contribution in [2.45, 2.75) is 6.10 Å². The molecule has 0 spiro atoms. The summed E-state index contributed by atoms with van der Waals surface area (Å²) in [6.07, 6.45) is 2.27. The summed E-state index contributed by atoms with van der Waals surface area (Å²) in [7, 11) is 0. The number of hydrogen-bond donors (Lipinski definition) is 2. The SMILES string of the molecule is O=C(NCC(O)c1ccc(F)cc1)c1csc(-c2ncccn2)n1. The van der Waals surface area contributed by atoms with Crippen molar-refractivity contribution < 1.29 is 14.3 Å². The van der Waals surface area contributed by atoms with Crippen molar-refractivity contribution in [1.82, 2.24) is 20.3 Å². The fraction of sp³-hybridized carbons (Fsp3) is 0.125. The predicted molar refractivity (Wildman–Crippen MR) is 86.8 cm³/mol. The van der Waals surface area contributed by atoms with Crippen molar-refractivity contribution in [2.24, 2.45) is 0 Å². The van der Waals surface area contributed by atoms with E-state index in [0.717, 1.165) is 0 Å². The molecule has 3 rings (SSSR count). The summed E-state index contributed by atoms with van der Waals surface area (Å²) >= 11 is 1.26. The molecule has 0 fully saturated rings. The van der Waals surface area contributed by atoms with E-state index in [-0.39, 0.29) is 18.1 Å². The number of benzene rings is 1. The second kappa shape index (κ2) is 7.24. The van der Waals surface area contributed by atoms with Crippen LogP contribution in [0.15, 0.2) is 48.1 Å². The molecule has 122 valence electrons. The van der Waals surface area contributed by atoms with Gasteiger partial charge in [0.25, 0.3) is 5.91 Å². The number of carbonyl (C=O) groups excluding carboxylic acids is 1. The Hall–Kier alpha value is -2.71. The monoisotopic (exact) mass is 344 g/mol. The molecule has 1 unspecified atom stereocenters. The van der Waals surface area contributed by atoms with E-state index >= 15 is 0 Å². The molecule has 1 atom stereocenters. The number of nitrogens with zero attached hydrogens (tertiary/aromatic N) is 3. The molecule has 0 saturated heterocycles. The Morgan fingerprint density at radius 1 is 1.25 bits per heavy atom. The van der Waals surface area contributed by atoms with Gasteiger partial charge in [0.2, 0.25) is 0 Å². The maximum Gasteiger partial charge on any atom is 0.270 e. The maximum absolute atomic E-state index is 12.9. The summed E-state index contributed by atoms with van der Waals surface area (Å²) in [5.41, 5.74) is 0.752. The third-order valence-electron chi connectivity index (χ3n) is 3.20. The Labute approximate surface area is 141 Å². The van der Waals surface area contributed by atoms with Crippen molar-refractivity contribution in [1.29, 1.82) is 0 Å². The highest BCUT2D eigenvalue weighted by atomic mass is 32.1. The van der Waals surface area contributed by atoms with Gasteiger partial charge in [-0.1, -0.05) is 12.1 Å². The zero-order valence-corrected chi connectivity index (χ0v) is 13.2. The molecule has 0 aliphatic rings. The van der Waals surface area contributed by atoms with Gasteiger partial charge in [0.15, 0.2) is 10.8 Å². The number of halogens is 1. The molecule has 2 heterocycles. The summed E-state index contributed by atoms with van der Waals surface area (Å²) in [5.74, 6) is -0.337. The zero-order valence-electron chi connectivity index (χ0n) is 12.4. The molecule has 3 aromatic rings. The molecule has 0 saturated carbocycles. The molecule has 2 N–H and O–H groups in total. The first-order valence-electron chi connectivity index (χ1n) is 7.08. The minimum atomic E-state index is -0.926. The fourth-order valence-corrected chi connectivity index (χ4v) is 2.72. The van der Waals surface area contributed by atoms with E-state index in [1.165, 1.54) is 35.6 Å². The standard InChI is InChI=1S/C16H13FN4O2S/c17-11-4-2-10(3-5-11)13(22)8-20-15(23)12-9-24-16(21-12)14-18-6-1-7-19-14/h1-7,9,13,22H,8H2,(H,20,23). The number of aliphatic hydroxyl groups excluding tert-OH is 1. The molecule has 24 heavy (non-hydrogen) atoms. The molecule has 0 aliphatic heterocycles. The van der Waals surface area contributed by atoms with Crippen LogP contribution in [-0.2, 0) is 0 Å². The third kappa shape index (κ3) is 3.79. The van der Waals surface area contributed by atoms with Gasteiger partial charge < -0.3 is 10.4 Å². The summed E-state index contributed by atoms with van der Waals surface area (Å²) in [4.78, 5) is 24.4. The van der Waals surface area contributed by atoms with Gasteiger partial charge in [-0.25, -0.2) is 19.3 Å². The lowest BCUT2D eigenvalue weighted by molar-refractivity contribution is 0.0912. The van der Waals surface area contributed by atoms with Gasteiger partial charge in [0.05, 0.1) is 6.10 Å². The van der Waals surface area contributed by atoms with Gasteiger partial charge >= 0.3 is 0 Å². The first kappa shape index (κ1) is 16.2. The lowest BCUT2D eigenvalue weighted by atomic mass is 10.1. The molecule has 6 nitrogen and oxygen atoms in total. The van der Waals surface area contributed by atoms with E-state index in [1.807, 2.05) is 0 Å². The highest BCUT2D eigenvalue weighted by Crippen LogP contribution is 2.19. The van der Waals surface area contributed by atoms with E-state index < -0.39 is 12.0 Å². The number of thiazole rings is 1. The number of aliphatic hydroxyl groups is 1. The van der Waals surface area contributed by atoms with Crippen LogP contribution in [0.5, 0.6) is 0 Å². The van der Waals surface area contributed by atoms with Crippen LogP contribution >= 0.6 is 11.3 Å². The van der Waals surface area contributed by atoms with Gasteiger partial charge in [-0.05, 0) is 23.8 Å². The van der Waals surface area contributed by atoms with Crippen molar-refractivity contribution in [3.8, 4) is 10.8 Å². The van der Waals surface area contributed by atoms with Crippen LogP contribution in [0, 0.1) is 5.82 Å². The van der Waals surface area contributed by atoms with E-state index in [0.29, 0.717) is 16.4 Å². The van der Waals surface area contributed by atoms with Crippen LogP contribution in [0.3, 0.4) is 0 Å². The molecular weight excluding hydrogens is 331 g/mol. The zero-order chi connectivity index (χ0) is 16.9. The van der Waals surface area contributed by atoms with Crippen LogP contribution in [-0.4, -0.2) is 32.5 Å². The third-order valence-corrected chi connectivity index (χ3v) is 4.04. The summed E-state index contributed by atoms with van der Waals surface area (Å²) in [6.45, 7) is -0.000831. The van der Waals surface area contributed by atoms with Crippen LogP contribution in [0.25, 0.3) is 10.8 Å². The van der Waals surface area contributed by atoms with Gasteiger partial charge in [-0.3, -0.25) is 4.79 Å². The number of carbonyl (C=O) groups is 1. The Balaban J connectivity index is 1.61. The van der Waals surface area contributed by atoms with Crippen LogP contribution in [0.2, 0.25) is 0 Å². The topological polar surface area (TPSA) is 88.0 Å². The Morgan fingerprint density at radius 2 is 1.96 bits per heavy atom. The Kier molecular flexibility index (Phi) is 4.88. The second-order valence-electron chi connectivity index (χ2n) is 4.89. The van der Waals surface area contributed by atoms with Gasteiger partial charge in [0.1, 0.15) is 11.5 Å². The normalized spacial score (nSPS) is 11.9. The van der Waals surface area contributed by atoms with Crippen LogP contribution in [0.1, 0.15) is 22.2 Å². The van der Waals surface area contributed by atoms with Crippen LogP contribution < -0.4 is 5.32 Å². The average molecular weight is 344 g/mol. The van der Waals surface area contributed by atoms with E-state index in [2.05, 4.69) is 20.3 Å². The summed E-state index contributed by atoms with van der Waals surface area (Å²) in [5, 5.41) is 14.8. The number of amides is 1. The number of aromatic nitrogens is 3. The number of rotatable bonds is 5. The molecule has 0 radical (unpaired) electrons. The highest BCUT2D eigenvalue weighted by Gasteiger charge is 2.15. The molecule has 1 amide bonds. The maximum atomic E-state index is 12.9. The first-order valence-corrected chi connectivity index (χ1v) is 7.96. The molecule has 2 aromatic heterocycles. The number of hydrogen-bond acceptors (Lipinski definition) is 6. The molecule has 1 aromatic carbocycles. The quantitative estimate of drug-likeness (QED) is 0.741. The predicted octanol–water partition coefficient (Wildman–Crippen LogP) is 2.20. The average Bonchev–Trinajstić information content (AvgIpc) is 3.11. The van der Waals surface area contributed by atoms with E-state index in [1.54, 1.807) is 23.8 Å². The van der Waals surface area contributed by atoms with Gasteiger partial charge in [0, 0.05) is 24.3 Å². The smallest absolute Gasteiger partial charge is 0.270 e. The Bertz CT molecular complexity index is 824. The Morgan fingerprint density at radius 3 is 2.67 bits per heavy atom. The van der Waals surface area contributed by atoms with Crippen molar-refractivity contribution in [2.75, 3.05) is 6.54 Å². The molecule has 8 heteroatoms. The minimum absolute atomic E-state index is 0.000831. The summed E-state index contributed by atoms with van der Waals surface area (Å²) < 4.78 is 12.9. The summed E-state index contributed by atoms with van der Waals surface area (Å²) in [6, 6.07) is 7.15. The van der Waals surface area contributed by atoms with E-state index in [4.69, 9.17) is 0 Å². The van der Waals surface area contributed by atoms with Crippen molar-refractivity contribution in [3.05, 3.63) is 65.2 Å². The van der Waals surface area contributed by atoms with Crippen molar-refractivity contribution in [3.63, 3.8) is 0 Å². The van der Waals surface area contributed by atoms with Crippen molar-refractivity contribution >= 4 is 17.2 Å². The minimum Gasteiger partial charge on any atom is -0.387 e. The molecule has 0 bridgehead atoms. The van der Waals surface area contributed by atoms with Gasteiger partial charge in [-0.2, -0.15) is 0 Å². The lowest BCUT2D eigenvalue weighted by Crippen LogP contribution is -2.28. The lowest BCUT2D eigenvalue weighted by Gasteiger charge is -2.11. The van der Waals surface area contributed by atoms with Crippen LogP contribution in [0.4, 0.5) is 4.39 Å². The highest BCUT2D eigenvalue weighted by molar-refractivity contribution is 7.13. The molecular formula is C16H13FN4O2S. The first-order chi connectivity index (χ1) is 11.6. The molecule has 0 aliphatic carbocycles. The van der Waals surface area contributed by atoms with Gasteiger partial charge in [-0.15, -0.1) is 11.3 Å².